The minimum absolute atomic E-state index is 0.213. The van der Waals surface area contributed by atoms with Gasteiger partial charge in [0.2, 0.25) is 5.91 Å². The van der Waals surface area contributed by atoms with Gasteiger partial charge in [0.05, 0.1) is 11.3 Å². The summed E-state index contributed by atoms with van der Waals surface area (Å²) < 4.78 is 27.3. The van der Waals surface area contributed by atoms with Gasteiger partial charge in [-0.15, -0.1) is 0 Å². The van der Waals surface area contributed by atoms with E-state index in [1.165, 1.54) is 18.2 Å². The largest absolute Gasteiger partial charge is 0.339 e. The molecule has 0 atom stereocenters. The van der Waals surface area contributed by atoms with Crippen molar-refractivity contribution in [2.45, 2.75) is 12.8 Å². The lowest BCUT2D eigenvalue weighted by Gasteiger charge is -2.18. The van der Waals surface area contributed by atoms with Crippen molar-refractivity contribution in [1.29, 1.82) is 0 Å². The summed E-state index contributed by atoms with van der Waals surface area (Å²) in [5, 5.41) is 2.95. The van der Waals surface area contributed by atoms with E-state index in [-0.39, 0.29) is 17.0 Å². The maximum absolute atomic E-state index is 13.6. The maximum atomic E-state index is 13.6. The first-order valence-corrected chi connectivity index (χ1v) is 8.85. The summed E-state index contributed by atoms with van der Waals surface area (Å²) in [6.45, 7) is 1.32. The van der Waals surface area contributed by atoms with Gasteiger partial charge in [-0.3, -0.25) is 9.59 Å². The van der Waals surface area contributed by atoms with Gasteiger partial charge >= 0.3 is 0 Å². The van der Waals surface area contributed by atoms with E-state index in [1.807, 2.05) is 0 Å². The molecule has 7 heteroatoms. The molecule has 2 aromatic rings. The van der Waals surface area contributed by atoms with Crippen molar-refractivity contribution in [3.05, 3.63) is 70.3 Å². The molecule has 1 aliphatic rings. The van der Waals surface area contributed by atoms with Gasteiger partial charge in [0.25, 0.3) is 5.91 Å². The van der Waals surface area contributed by atoms with Gasteiger partial charge < -0.3 is 10.2 Å². The first-order valence-electron chi connectivity index (χ1n) is 8.47. The highest BCUT2D eigenvalue weighted by molar-refractivity contribution is 6.31. The summed E-state index contributed by atoms with van der Waals surface area (Å²) in [6.07, 6.45) is 3.94. The van der Waals surface area contributed by atoms with Crippen molar-refractivity contribution in [3.63, 3.8) is 0 Å². The Morgan fingerprint density at radius 2 is 1.74 bits per heavy atom. The molecule has 0 saturated carbocycles. The molecular weight excluding hydrogens is 374 g/mol. The fourth-order valence-corrected chi connectivity index (χ4v) is 3.07. The lowest BCUT2D eigenvalue weighted by molar-refractivity contribution is -0.111. The van der Waals surface area contributed by atoms with E-state index in [2.05, 4.69) is 5.32 Å². The number of nitrogens with zero attached hydrogens (tertiary/aromatic N) is 1. The Kier molecular flexibility index (Phi) is 5.86. The maximum Gasteiger partial charge on any atom is 0.256 e. The van der Waals surface area contributed by atoms with Gasteiger partial charge in [0, 0.05) is 29.8 Å². The fraction of sp³-hybridized carbons (Fsp3) is 0.200. The average molecular weight is 391 g/mol. The Hall–Kier alpha value is -2.73. The fourth-order valence-electron chi connectivity index (χ4n) is 2.90. The molecule has 0 aromatic heterocycles. The van der Waals surface area contributed by atoms with Gasteiger partial charge in [-0.2, -0.15) is 0 Å². The zero-order chi connectivity index (χ0) is 19.4. The summed E-state index contributed by atoms with van der Waals surface area (Å²) in [6, 6.07) is 8.03. The predicted molar refractivity (Wildman–Crippen MR) is 101 cm³/mol. The number of carbonyl (C=O) groups excluding carboxylic acids is 2. The van der Waals surface area contributed by atoms with Crippen molar-refractivity contribution in [2.75, 3.05) is 18.4 Å². The first-order chi connectivity index (χ1) is 13.0. The molecule has 27 heavy (non-hydrogen) atoms. The molecule has 0 bridgehead atoms. The van der Waals surface area contributed by atoms with Crippen LogP contribution in [0, 0.1) is 11.6 Å². The normalized spacial score (nSPS) is 14.0. The molecule has 2 amide bonds. The third-order valence-electron chi connectivity index (χ3n) is 4.26. The van der Waals surface area contributed by atoms with Crippen LogP contribution in [0.1, 0.15) is 28.8 Å². The number of amides is 2. The highest BCUT2D eigenvalue weighted by Gasteiger charge is 2.22. The minimum Gasteiger partial charge on any atom is -0.339 e. The van der Waals surface area contributed by atoms with Crippen LogP contribution in [0.4, 0.5) is 14.5 Å². The van der Waals surface area contributed by atoms with E-state index in [9.17, 15) is 18.4 Å². The Bertz CT molecular complexity index is 889. The van der Waals surface area contributed by atoms with Crippen LogP contribution in [-0.4, -0.2) is 29.8 Å². The topological polar surface area (TPSA) is 49.4 Å². The highest BCUT2D eigenvalue weighted by Crippen LogP contribution is 2.24. The smallest absolute Gasteiger partial charge is 0.256 e. The van der Waals surface area contributed by atoms with Crippen LogP contribution in [0.25, 0.3) is 6.08 Å². The number of anilines is 1. The third kappa shape index (κ3) is 4.52. The zero-order valence-corrected chi connectivity index (χ0v) is 15.1. The average Bonchev–Trinajstić information content (AvgIpc) is 3.17. The van der Waals surface area contributed by atoms with Crippen molar-refractivity contribution >= 4 is 35.2 Å². The van der Waals surface area contributed by atoms with E-state index < -0.39 is 17.5 Å². The van der Waals surface area contributed by atoms with Crippen molar-refractivity contribution in [2.24, 2.45) is 0 Å². The molecule has 0 unspecified atom stereocenters. The Morgan fingerprint density at radius 1 is 1.07 bits per heavy atom. The Balaban J connectivity index is 1.79. The summed E-state index contributed by atoms with van der Waals surface area (Å²) in [5.74, 6) is -2.37. The molecule has 1 aliphatic heterocycles. The number of likely N-dealkylation sites (tertiary alicyclic amines) is 1. The van der Waals surface area contributed by atoms with Gasteiger partial charge in [-0.25, -0.2) is 8.78 Å². The number of rotatable bonds is 4. The van der Waals surface area contributed by atoms with Crippen LogP contribution in [0.2, 0.25) is 5.02 Å². The van der Waals surface area contributed by atoms with E-state index in [0.29, 0.717) is 23.8 Å². The van der Waals surface area contributed by atoms with Gasteiger partial charge in [-0.05, 0) is 49.2 Å². The van der Waals surface area contributed by atoms with Crippen molar-refractivity contribution < 1.29 is 18.4 Å². The number of halogens is 3. The molecule has 2 aromatic carbocycles. The Morgan fingerprint density at radius 3 is 2.41 bits per heavy atom. The number of nitrogens with one attached hydrogen (secondary N) is 1. The van der Waals surface area contributed by atoms with Crippen LogP contribution in [0.5, 0.6) is 0 Å². The molecule has 3 rings (SSSR count). The summed E-state index contributed by atoms with van der Waals surface area (Å²) >= 11 is 6.00. The Labute approximate surface area is 160 Å². The summed E-state index contributed by atoms with van der Waals surface area (Å²) in [5.41, 5.74) is 0.264. The van der Waals surface area contributed by atoms with E-state index >= 15 is 0 Å². The number of carbonyl (C=O) groups is 2. The van der Waals surface area contributed by atoms with Crippen molar-refractivity contribution in [3.8, 4) is 0 Å². The van der Waals surface area contributed by atoms with Crippen LogP contribution in [-0.2, 0) is 4.79 Å². The van der Waals surface area contributed by atoms with E-state index in [1.54, 1.807) is 11.0 Å². The standard InChI is InChI=1S/C20H17ClF2N2O2/c21-13-6-8-18(15(12-13)20(27)25-10-1-2-11-25)24-19(26)9-7-14-16(22)4-3-5-17(14)23/h3-9,12H,1-2,10-11H2,(H,24,26)/b9-7+. The summed E-state index contributed by atoms with van der Waals surface area (Å²) in [4.78, 5) is 26.6. The lowest BCUT2D eigenvalue weighted by atomic mass is 10.1. The van der Waals surface area contributed by atoms with Crippen molar-refractivity contribution in [1.82, 2.24) is 4.90 Å². The second-order valence-electron chi connectivity index (χ2n) is 6.15. The van der Waals surface area contributed by atoms with Crippen LogP contribution in [0.15, 0.2) is 42.5 Å². The SMILES string of the molecule is O=C(/C=C/c1c(F)cccc1F)Nc1ccc(Cl)cc1C(=O)N1CCCC1. The second-order valence-corrected chi connectivity index (χ2v) is 6.58. The molecule has 0 spiro atoms. The zero-order valence-electron chi connectivity index (χ0n) is 14.3. The van der Waals surface area contributed by atoms with Gasteiger partial charge in [-0.1, -0.05) is 17.7 Å². The quantitative estimate of drug-likeness (QED) is 0.781. The monoisotopic (exact) mass is 390 g/mol. The van der Waals surface area contributed by atoms with Crippen LogP contribution >= 0.6 is 11.6 Å². The third-order valence-corrected chi connectivity index (χ3v) is 4.50. The molecule has 1 fully saturated rings. The molecule has 4 nitrogen and oxygen atoms in total. The molecule has 0 aliphatic carbocycles. The molecule has 1 N–H and O–H groups in total. The van der Waals surface area contributed by atoms with Crippen LogP contribution < -0.4 is 5.32 Å². The summed E-state index contributed by atoms with van der Waals surface area (Å²) in [7, 11) is 0. The number of hydrogen-bond acceptors (Lipinski definition) is 2. The highest BCUT2D eigenvalue weighted by atomic mass is 35.5. The lowest BCUT2D eigenvalue weighted by Crippen LogP contribution is -2.28. The van der Waals surface area contributed by atoms with E-state index in [4.69, 9.17) is 11.6 Å². The number of benzene rings is 2. The minimum atomic E-state index is -0.768. The number of hydrogen-bond donors (Lipinski definition) is 1. The second kappa shape index (κ2) is 8.31. The molecule has 140 valence electrons. The van der Waals surface area contributed by atoms with E-state index in [0.717, 1.165) is 37.1 Å². The van der Waals surface area contributed by atoms with Gasteiger partial charge in [0.1, 0.15) is 11.6 Å². The first kappa shape index (κ1) is 19.0. The molecule has 1 heterocycles. The predicted octanol–water partition coefficient (Wildman–Crippen LogP) is 4.51. The van der Waals surface area contributed by atoms with Crippen LogP contribution in [0.3, 0.4) is 0 Å². The molecular formula is C20H17ClF2N2O2. The van der Waals surface area contributed by atoms with Gasteiger partial charge in [0.15, 0.2) is 0 Å². The molecule has 1 saturated heterocycles. The molecule has 0 radical (unpaired) electrons.